The standard InChI is InChI=1S/C14H17BrN2O2/c1-10-3-4-11(7-12(10)15)17-9-14(19-13(17)18)5-2-6-16-8-14/h3-4,7,16H,2,5-6,8-9H2,1H3. The molecule has 1 spiro atoms. The van der Waals surface area contributed by atoms with Gasteiger partial charge in [-0.25, -0.2) is 4.79 Å². The molecule has 1 unspecified atom stereocenters. The van der Waals surface area contributed by atoms with E-state index in [-0.39, 0.29) is 11.7 Å². The molecular weight excluding hydrogens is 308 g/mol. The fourth-order valence-corrected chi connectivity index (χ4v) is 3.10. The van der Waals surface area contributed by atoms with Crippen LogP contribution in [0.1, 0.15) is 18.4 Å². The lowest BCUT2D eigenvalue weighted by molar-refractivity contribution is 0.0366. The van der Waals surface area contributed by atoms with E-state index in [0.29, 0.717) is 6.54 Å². The van der Waals surface area contributed by atoms with Gasteiger partial charge in [-0.15, -0.1) is 0 Å². The number of carbonyl (C=O) groups is 1. The fourth-order valence-electron chi connectivity index (χ4n) is 2.73. The molecule has 5 heteroatoms. The Bertz CT molecular complexity index is 512. The molecule has 0 aliphatic carbocycles. The van der Waals surface area contributed by atoms with Crippen LogP contribution in [-0.4, -0.2) is 31.3 Å². The lowest BCUT2D eigenvalue weighted by Gasteiger charge is -2.31. The molecule has 0 saturated carbocycles. The second-order valence-electron chi connectivity index (χ2n) is 5.35. The molecule has 2 saturated heterocycles. The molecule has 2 heterocycles. The predicted molar refractivity (Wildman–Crippen MR) is 77.5 cm³/mol. The quantitative estimate of drug-likeness (QED) is 0.863. The maximum Gasteiger partial charge on any atom is 0.415 e. The summed E-state index contributed by atoms with van der Waals surface area (Å²) in [6.07, 6.45) is 1.76. The van der Waals surface area contributed by atoms with Gasteiger partial charge in [-0.3, -0.25) is 4.90 Å². The molecule has 1 amide bonds. The summed E-state index contributed by atoms with van der Waals surface area (Å²) in [6, 6.07) is 5.96. The van der Waals surface area contributed by atoms with Gasteiger partial charge < -0.3 is 10.1 Å². The Hall–Kier alpha value is -1.07. The molecule has 4 nitrogen and oxygen atoms in total. The minimum absolute atomic E-state index is 0.237. The Kier molecular flexibility index (Phi) is 3.27. The van der Waals surface area contributed by atoms with Crippen LogP contribution in [0, 0.1) is 6.92 Å². The van der Waals surface area contributed by atoms with Crippen LogP contribution in [0.4, 0.5) is 10.5 Å². The molecule has 102 valence electrons. The van der Waals surface area contributed by atoms with Gasteiger partial charge in [-0.2, -0.15) is 0 Å². The van der Waals surface area contributed by atoms with Crippen LogP contribution >= 0.6 is 15.9 Å². The lowest BCUT2D eigenvalue weighted by Crippen LogP contribution is -2.48. The molecule has 0 radical (unpaired) electrons. The third-order valence-electron chi connectivity index (χ3n) is 3.87. The number of rotatable bonds is 1. The Balaban J connectivity index is 1.85. The van der Waals surface area contributed by atoms with E-state index >= 15 is 0 Å². The van der Waals surface area contributed by atoms with Crippen molar-refractivity contribution in [3.05, 3.63) is 28.2 Å². The van der Waals surface area contributed by atoms with Crippen LogP contribution in [0.5, 0.6) is 0 Å². The normalized spacial score (nSPS) is 26.8. The second kappa shape index (κ2) is 4.80. The number of aryl methyl sites for hydroxylation is 1. The summed E-state index contributed by atoms with van der Waals surface area (Å²) >= 11 is 3.51. The third kappa shape index (κ3) is 2.37. The summed E-state index contributed by atoms with van der Waals surface area (Å²) in [5.74, 6) is 0. The molecule has 2 fully saturated rings. The average Bonchev–Trinajstić information content (AvgIpc) is 2.70. The number of halogens is 1. The van der Waals surface area contributed by atoms with E-state index in [1.54, 1.807) is 4.90 Å². The number of ether oxygens (including phenoxy) is 1. The first-order valence-corrected chi connectivity index (χ1v) is 7.36. The van der Waals surface area contributed by atoms with E-state index in [1.807, 2.05) is 25.1 Å². The minimum atomic E-state index is -0.341. The van der Waals surface area contributed by atoms with E-state index < -0.39 is 0 Å². The van der Waals surface area contributed by atoms with E-state index in [4.69, 9.17) is 4.74 Å². The first kappa shape index (κ1) is 12.9. The van der Waals surface area contributed by atoms with Crippen LogP contribution in [-0.2, 0) is 4.74 Å². The number of benzene rings is 1. The van der Waals surface area contributed by atoms with E-state index in [9.17, 15) is 4.79 Å². The highest BCUT2D eigenvalue weighted by Crippen LogP contribution is 2.34. The molecular formula is C14H17BrN2O2. The Morgan fingerprint density at radius 3 is 3.00 bits per heavy atom. The zero-order valence-corrected chi connectivity index (χ0v) is 12.5. The summed E-state index contributed by atoms with van der Waals surface area (Å²) in [6.45, 7) is 4.43. The van der Waals surface area contributed by atoms with Crippen molar-refractivity contribution in [2.24, 2.45) is 0 Å². The highest BCUT2D eigenvalue weighted by atomic mass is 79.9. The van der Waals surface area contributed by atoms with Gasteiger partial charge in [0, 0.05) is 16.7 Å². The van der Waals surface area contributed by atoms with E-state index in [1.165, 1.54) is 0 Å². The number of piperidine rings is 1. The largest absolute Gasteiger partial charge is 0.439 e. The van der Waals surface area contributed by atoms with Crippen LogP contribution in [0.3, 0.4) is 0 Å². The number of nitrogens with zero attached hydrogens (tertiary/aromatic N) is 1. The minimum Gasteiger partial charge on any atom is -0.439 e. The highest BCUT2D eigenvalue weighted by Gasteiger charge is 2.46. The van der Waals surface area contributed by atoms with Crippen molar-refractivity contribution < 1.29 is 9.53 Å². The number of nitrogens with one attached hydrogen (secondary N) is 1. The van der Waals surface area contributed by atoms with Crippen molar-refractivity contribution >= 4 is 27.7 Å². The summed E-state index contributed by atoms with van der Waals surface area (Å²) in [4.78, 5) is 13.8. The maximum absolute atomic E-state index is 12.1. The van der Waals surface area contributed by atoms with Crippen molar-refractivity contribution in [1.29, 1.82) is 0 Å². The van der Waals surface area contributed by atoms with Crippen molar-refractivity contribution in [2.75, 3.05) is 24.5 Å². The lowest BCUT2D eigenvalue weighted by atomic mass is 9.94. The fraction of sp³-hybridized carbons (Fsp3) is 0.500. The molecule has 1 atom stereocenters. The number of amides is 1. The topological polar surface area (TPSA) is 41.6 Å². The molecule has 3 rings (SSSR count). The second-order valence-corrected chi connectivity index (χ2v) is 6.21. The monoisotopic (exact) mass is 324 g/mol. The van der Waals surface area contributed by atoms with Gasteiger partial charge in [0.25, 0.3) is 0 Å². The van der Waals surface area contributed by atoms with Gasteiger partial charge in [-0.1, -0.05) is 22.0 Å². The van der Waals surface area contributed by atoms with Crippen LogP contribution in [0.15, 0.2) is 22.7 Å². The van der Waals surface area contributed by atoms with Gasteiger partial charge in [0.2, 0.25) is 0 Å². The first-order valence-electron chi connectivity index (χ1n) is 6.57. The van der Waals surface area contributed by atoms with Crippen molar-refractivity contribution in [1.82, 2.24) is 5.32 Å². The molecule has 1 N–H and O–H groups in total. The summed E-state index contributed by atoms with van der Waals surface area (Å²) in [5, 5.41) is 3.32. The SMILES string of the molecule is Cc1ccc(N2CC3(CCCNC3)OC2=O)cc1Br. The first-order chi connectivity index (χ1) is 9.10. The molecule has 2 aliphatic heterocycles. The van der Waals surface area contributed by atoms with Crippen LogP contribution in [0.25, 0.3) is 0 Å². The van der Waals surface area contributed by atoms with Gasteiger partial charge in [0.1, 0.15) is 5.60 Å². The predicted octanol–water partition coefficient (Wildman–Crippen LogP) is 2.84. The van der Waals surface area contributed by atoms with E-state index in [0.717, 1.165) is 41.7 Å². The third-order valence-corrected chi connectivity index (χ3v) is 4.73. The van der Waals surface area contributed by atoms with Crippen LogP contribution < -0.4 is 10.2 Å². The molecule has 19 heavy (non-hydrogen) atoms. The summed E-state index contributed by atoms with van der Waals surface area (Å²) in [5.41, 5.74) is 1.71. The zero-order valence-electron chi connectivity index (χ0n) is 10.9. The molecule has 1 aromatic rings. The molecule has 0 aromatic heterocycles. The maximum atomic E-state index is 12.1. The Morgan fingerprint density at radius 2 is 2.32 bits per heavy atom. The van der Waals surface area contributed by atoms with Crippen LogP contribution in [0.2, 0.25) is 0 Å². The van der Waals surface area contributed by atoms with Gasteiger partial charge in [-0.05, 0) is 44.0 Å². The van der Waals surface area contributed by atoms with E-state index in [2.05, 4.69) is 21.2 Å². The number of carbonyl (C=O) groups excluding carboxylic acids is 1. The van der Waals surface area contributed by atoms with Gasteiger partial charge in [0.15, 0.2) is 0 Å². The zero-order chi connectivity index (χ0) is 13.5. The highest BCUT2D eigenvalue weighted by molar-refractivity contribution is 9.10. The molecule has 1 aromatic carbocycles. The molecule has 2 aliphatic rings. The van der Waals surface area contributed by atoms with Gasteiger partial charge >= 0.3 is 6.09 Å². The number of anilines is 1. The molecule has 0 bridgehead atoms. The van der Waals surface area contributed by atoms with Crippen molar-refractivity contribution in [3.8, 4) is 0 Å². The average molecular weight is 325 g/mol. The van der Waals surface area contributed by atoms with Crippen molar-refractivity contribution in [2.45, 2.75) is 25.4 Å². The Morgan fingerprint density at radius 1 is 1.47 bits per heavy atom. The summed E-state index contributed by atoms with van der Waals surface area (Å²) < 4.78 is 6.65. The van der Waals surface area contributed by atoms with Gasteiger partial charge in [0.05, 0.1) is 6.54 Å². The summed E-state index contributed by atoms with van der Waals surface area (Å²) in [7, 11) is 0. The Labute approximate surface area is 121 Å². The van der Waals surface area contributed by atoms with Crippen molar-refractivity contribution in [3.63, 3.8) is 0 Å². The number of hydrogen-bond acceptors (Lipinski definition) is 3. The number of hydrogen-bond donors (Lipinski definition) is 1. The smallest absolute Gasteiger partial charge is 0.415 e.